The molecule has 1 aromatic carbocycles. The fraction of sp³-hybridized carbons (Fsp3) is 0.133. The quantitative estimate of drug-likeness (QED) is 0.769. The molecule has 0 bridgehead atoms. The Balaban J connectivity index is 1.60. The van der Waals surface area contributed by atoms with E-state index in [1.807, 2.05) is 35.3 Å². The van der Waals surface area contributed by atoms with Gasteiger partial charge in [-0.25, -0.2) is 0 Å². The van der Waals surface area contributed by atoms with Gasteiger partial charge in [0.2, 0.25) is 0 Å². The first-order valence-electron chi connectivity index (χ1n) is 6.45. The molecule has 0 radical (unpaired) electrons. The number of nitrogens with one attached hydrogen (secondary N) is 1. The van der Waals surface area contributed by atoms with Crippen molar-refractivity contribution in [3.05, 3.63) is 72.6 Å². The molecule has 0 aliphatic carbocycles. The minimum atomic E-state index is 0.644. The summed E-state index contributed by atoms with van der Waals surface area (Å²) in [6, 6.07) is 10.3. The van der Waals surface area contributed by atoms with Crippen molar-refractivity contribution in [1.29, 1.82) is 0 Å². The third-order valence-corrected chi connectivity index (χ3v) is 2.91. The predicted molar refractivity (Wildman–Crippen MR) is 77.1 cm³/mol. The van der Waals surface area contributed by atoms with E-state index < -0.39 is 0 Å². The summed E-state index contributed by atoms with van der Waals surface area (Å²) in [6.45, 7) is 1.42. The Morgan fingerprint density at radius 3 is 2.75 bits per heavy atom. The van der Waals surface area contributed by atoms with Crippen molar-refractivity contribution >= 4 is 5.69 Å². The Hall–Kier alpha value is -2.69. The van der Waals surface area contributed by atoms with Gasteiger partial charge in [-0.1, -0.05) is 30.3 Å². The van der Waals surface area contributed by atoms with Crippen LogP contribution in [-0.2, 0) is 13.1 Å². The highest BCUT2D eigenvalue weighted by molar-refractivity contribution is 5.38. The van der Waals surface area contributed by atoms with Crippen LogP contribution in [0, 0.1) is 0 Å². The molecule has 3 aromatic rings. The van der Waals surface area contributed by atoms with Crippen molar-refractivity contribution in [3.63, 3.8) is 0 Å². The molecule has 0 fully saturated rings. The van der Waals surface area contributed by atoms with Gasteiger partial charge >= 0.3 is 0 Å². The van der Waals surface area contributed by atoms with Gasteiger partial charge in [-0.05, 0) is 5.56 Å². The van der Waals surface area contributed by atoms with Crippen LogP contribution in [0.5, 0.6) is 0 Å². The molecular formula is C15H15N5. The number of anilines is 1. The second-order valence-electron chi connectivity index (χ2n) is 4.46. The standard InChI is InChI=1S/C15H15N5/c1-2-4-13(5-3-1)11-20-12-15(10-19-20)18-9-14-8-16-6-7-17-14/h1-8,10,12,18H,9,11H2. The van der Waals surface area contributed by atoms with Crippen LogP contribution in [0.15, 0.2) is 61.3 Å². The molecule has 0 aliphatic rings. The molecule has 2 heterocycles. The number of rotatable bonds is 5. The van der Waals surface area contributed by atoms with E-state index in [4.69, 9.17) is 0 Å². The van der Waals surface area contributed by atoms with Crippen LogP contribution in [0.3, 0.4) is 0 Å². The van der Waals surface area contributed by atoms with E-state index in [9.17, 15) is 0 Å². The molecular weight excluding hydrogens is 250 g/mol. The molecule has 100 valence electrons. The maximum Gasteiger partial charge on any atom is 0.0777 e. The van der Waals surface area contributed by atoms with Crippen molar-refractivity contribution in [2.45, 2.75) is 13.1 Å². The summed E-state index contributed by atoms with van der Waals surface area (Å²) in [5, 5.41) is 7.62. The second kappa shape index (κ2) is 5.97. The van der Waals surface area contributed by atoms with Crippen molar-refractivity contribution in [2.24, 2.45) is 0 Å². The molecule has 5 nitrogen and oxygen atoms in total. The molecule has 0 aliphatic heterocycles. The third-order valence-electron chi connectivity index (χ3n) is 2.91. The van der Waals surface area contributed by atoms with Crippen molar-refractivity contribution in [2.75, 3.05) is 5.32 Å². The zero-order chi connectivity index (χ0) is 13.6. The normalized spacial score (nSPS) is 10.4. The first kappa shape index (κ1) is 12.3. The lowest BCUT2D eigenvalue weighted by Crippen LogP contribution is -2.01. The van der Waals surface area contributed by atoms with Crippen LogP contribution in [0.25, 0.3) is 0 Å². The number of aromatic nitrogens is 4. The summed E-state index contributed by atoms with van der Waals surface area (Å²) in [7, 11) is 0. The molecule has 0 unspecified atom stereocenters. The zero-order valence-corrected chi connectivity index (χ0v) is 11.0. The molecule has 20 heavy (non-hydrogen) atoms. The summed E-state index contributed by atoms with van der Waals surface area (Å²) in [5.74, 6) is 0. The van der Waals surface area contributed by atoms with Gasteiger partial charge < -0.3 is 5.32 Å². The minimum absolute atomic E-state index is 0.644. The van der Waals surface area contributed by atoms with Gasteiger partial charge in [0.05, 0.1) is 36.9 Å². The lowest BCUT2D eigenvalue weighted by Gasteiger charge is -2.02. The van der Waals surface area contributed by atoms with Crippen LogP contribution in [0.4, 0.5) is 5.69 Å². The highest BCUT2D eigenvalue weighted by atomic mass is 15.3. The largest absolute Gasteiger partial charge is 0.377 e. The fourth-order valence-electron chi connectivity index (χ4n) is 1.93. The Kier molecular flexibility index (Phi) is 3.68. The van der Waals surface area contributed by atoms with Crippen molar-refractivity contribution < 1.29 is 0 Å². The van der Waals surface area contributed by atoms with E-state index in [0.717, 1.165) is 17.9 Å². The first-order chi connectivity index (χ1) is 9.90. The number of hydrogen-bond acceptors (Lipinski definition) is 4. The summed E-state index contributed by atoms with van der Waals surface area (Å²) in [5.41, 5.74) is 3.12. The highest BCUT2D eigenvalue weighted by Crippen LogP contribution is 2.08. The molecule has 5 heteroatoms. The first-order valence-corrected chi connectivity index (χ1v) is 6.45. The van der Waals surface area contributed by atoms with Gasteiger partial charge in [0.1, 0.15) is 0 Å². The van der Waals surface area contributed by atoms with Gasteiger partial charge in [0, 0.05) is 18.6 Å². The number of benzene rings is 1. The van der Waals surface area contributed by atoms with Gasteiger partial charge in [-0.3, -0.25) is 14.6 Å². The maximum absolute atomic E-state index is 4.34. The van der Waals surface area contributed by atoms with Gasteiger partial charge in [0.25, 0.3) is 0 Å². The second-order valence-corrected chi connectivity index (χ2v) is 4.46. The molecule has 0 amide bonds. The lowest BCUT2D eigenvalue weighted by molar-refractivity contribution is 0.687. The SMILES string of the molecule is c1ccc(Cn2cc(NCc3cnccn3)cn2)cc1. The Labute approximate surface area is 117 Å². The van der Waals surface area contributed by atoms with Crippen LogP contribution in [0.1, 0.15) is 11.3 Å². The fourth-order valence-corrected chi connectivity index (χ4v) is 1.93. The van der Waals surface area contributed by atoms with Crippen LogP contribution in [0.2, 0.25) is 0 Å². The Bertz CT molecular complexity index is 648. The average molecular weight is 265 g/mol. The summed E-state index contributed by atoms with van der Waals surface area (Å²) in [6.07, 6.45) is 8.92. The summed E-state index contributed by atoms with van der Waals surface area (Å²) < 4.78 is 1.91. The monoisotopic (exact) mass is 265 g/mol. The van der Waals surface area contributed by atoms with Crippen molar-refractivity contribution in [3.8, 4) is 0 Å². The van der Waals surface area contributed by atoms with Crippen molar-refractivity contribution in [1.82, 2.24) is 19.7 Å². The average Bonchev–Trinajstić information content (AvgIpc) is 2.95. The molecule has 0 spiro atoms. The predicted octanol–water partition coefficient (Wildman–Crippen LogP) is 2.33. The lowest BCUT2D eigenvalue weighted by atomic mass is 10.2. The van der Waals surface area contributed by atoms with Crippen LogP contribution < -0.4 is 5.32 Å². The molecule has 0 atom stereocenters. The Morgan fingerprint density at radius 2 is 1.95 bits per heavy atom. The van der Waals surface area contributed by atoms with E-state index >= 15 is 0 Å². The third kappa shape index (κ3) is 3.20. The van der Waals surface area contributed by atoms with Gasteiger partial charge in [-0.15, -0.1) is 0 Å². The van der Waals surface area contributed by atoms with Crippen LogP contribution in [-0.4, -0.2) is 19.7 Å². The van der Waals surface area contributed by atoms with Gasteiger partial charge in [0.15, 0.2) is 0 Å². The smallest absolute Gasteiger partial charge is 0.0777 e. The molecule has 2 aromatic heterocycles. The zero-order valence-electron chi connectivity index (χ0n) is 11.0. The van der Waals surface area contributed by atoms with E-state index in [-0.39, 0.29) is 0 Å². The van der Waals surface area contributed by atoms with E-state index in [0.29, 0.717) is 6.54 Å². The molecule has 1 N–H and O–H groups in total. The Morgan fingerprint density at radius 1 is 1.05 bits per heavy atom. The number of nitrogens with zero attached hydrogens (tertiary/aromatic N) is 4. The van der Waals surface area contributed by atoms with Crippen LogP contribution >= 0.6 is 0 Å². The van der Waals surface area contributed by atoms with Gasteiger partial charge in [-0.2, -0.15) is 5.10 Å². The summed E-state index contributed by atoms with van der Waals surface area (Å²) >= 11 is 0. The number of hydrogen-bond donors (Lipinski definition) is 1. The minimum Gasteiger partial charge on any atom is -0.377 e. The van der Waals surface area contributed by atoms with E-state index in [1.165, 1.54) is 5.56 Å². The highest BCUT2D eigenvalue weighted by Gasteiger charge is 2.00. The molecule has 3 rings (SSSR count). The van der Waals surface area contributed by atoms with E-state index in [2.05, 4.69) is 32.5 Å². The topological polar surface area (TPSA) is 55.6 Å². The summed E-state index contributed by atoms with van der Waals surface area (Å²) in [4.78, 5) is 8.25. The molecule has 0 saturated heterocycles. The van der Waals surface area contributed by atoms with E-state index in [1.54, 1.807) is 18.6 Å². The maximum atomic E-state index is 4.34. The molecule has 0 saturated carbocycles.